The molecule has 0 amide bonds. The van der Waals surface area contributed by atoms with Crippen LogP contribution in [0.2, 0.25) is 0 Å². The third kappa shape index (κ3) is 1.43. The Hall–Kier alpha value is -1.96. The van der Waals surface area contributed by atoms with Gasteiger partial charge in [-0.25, -0.2) is 0 Å². The number of para-hydroxylation sites is 1. The van der Waals surface area contributed by atoms with E-state index in [1.165, 1.54) is 27.9 Å². The summed E-state index contributed by atoms with van der Waals surface area (Å²) in [6.07, 6.45) is 2.93. The molecule has 2 aromatic heterocycles. The fourth-order valence-corrected chi connectivity index (χ4v) is 2.23. The van der Waals surface area contributed by atoms with Crippen LogP contribution >= 0.6 is 0 Å². The van der Waals surface area contributed by atoms with Gasteiger partial charge in [0.2, 0.25) is 0 Å². The van der Waals surface area contributed by atoms with Gasteiger partial charge in [0.15, 0.2) is 0 Å². The molecule has 3 aromatic rings. The van der Waals surface area contributed by atoms with E-state index in [0.717, 1.165) is 6.42 Å². The van der Waals surface area contributed by atoms with E-state index in [0.29, 0.717) is 0 Å². The van der Waals surface area contributed by atoms with Gasteiger partial charge >= 0.3 is 0 Å². The van der Waals surface area contributed by atoms with Gasteiger partial charge in [0.25, 0.3) is 0 Å². The Morgan fingerprint density at radius 1 is 1.06 bits per heavy atom. The first kappa shape index (κ1) is 9.28. The topological polar surface area (TPSA) is 31.6 Å². The highest BCUT2D eigenvalue weighted by Gasteiger charge is 2.08. The molecule has 0 atom stereocenters. The van der Waals surface area contributed by atoms with Crippen LogP contribution in [-0.4, -0.2) is 9.97 Å². The molecule has 0 saturated heterocycles. The number of hydrogen-bond donors (Lipinski definition) is 2. The van der Waals surface area contributed by atoms with Crippen molar-refractivity contribution in [2.45, 2.75) is 13.3 Å². The fourth-order valence-electron chi connectivity index (χ4n) is 2.23. The van der Waals surface area contributed by atoms with E-state index < -0.39 is 0 Å². The fraction of sp³-hybridized carbons (Fsp3) is 0.143. The summed E-state index contributed by atoms with van der Waals surface area (Å²) in [4.78, 5) is 6.68. The summed E-state index contributed by atoms with van der Waals surface area (Å²) in [6, 6.07) is 12.6. The normalized spacial score (nSPS) is 11.1. The van der Waals surface area contributed by atoms with Gasteiger partial charge in [-0.3, -0.25) is 0 Å². The van der Waals surface area contributed by atoms with E-state index >= 15 is 0 Å². The Kier molecular flexibility index (Phi) is 2.07. The van der Waals surface area contributed by atoms with Crippen LogP contribution in [-0.2, 0) is 6.42 Å². The maximum absolute atomic E-state index is 3.43. The van der Waals surface area contributed by atoms with Crippen LogP contribution in [0.5, 0.6) is 0 Å². The molecule has 0 aliphatic rings. The lowest BCUT2D eigenvalue weighted by Gasteiger charge is -1.99. The minimum Gasteiger partial charge on any atom is -0.365 e. The van der Waals surface area contributed by atoms with Crippen LogP contribution in [0.15, 0.2) is 42.6 Å². The summed E-state index contributed by atoms with van der Waals surface area (Å²) in [5, 5.41) is 1.33. The number of fused-ring (bicyclic) bond motifs is 1. The summed E-state index contributed by atoms with van der Waals surface area (Å²) in [5.74, 6) is 0. The molecule has 0 radical (unpaired) electrons. The van der Waals surface area contributed by atoms with Gasteiger partial charge in [0.1, 0.15) is 0 Å². The molecule has 0 unspecified atom stereocenters. The molecule has 0 aliphatic carbocycles. The first-order chi connectivity index (χ1) is 7.84. The molecule has 0 saturated carbocycles. The molecule has 2 N–H and O–H groups in total. The SMILES string of the molecule is Cc1[nH]c2ccccc2c1Cc1ccc[nH]1. The summed E-state index contributed by atoms with van der Waals surface area (Å²) in [6.45, 7) is 2.14. The first-order valence-electron chi connectivity index (χ1n) is 5.53. The second-order valence-electron chi connectivity index (χ2n) is 4.15. The number of H-pyrrole nitrogens is 2. The zero-order valence-corrected chi connectivity index (χ0v) is 9.25. The molecule has 0 aliphatic heterocycles. The van der Waals surface area contributed by atoms with Crippen molar-refractivity contribution in [1.82, 2.24) is 9.97 Å². The Morgan fingerprint density at radius 2 is 1.94 bits per heavy atom. The number of benzene rings is 1. The van der Waals surface area contributed by atoms with E-state index in [4.69, 9.17) is 0 Å². The van der Waals surface area contributed by atoms with Crippen LogP contribution in [0, 0.1) is 6.92 Å². The quantitative estimate of drug-likeness (QED) is 0.649. The van der Waals surface area contributed by atoms with Crippen molar-refractivity contribution in [3.05, 3.63) is 59.5 Å². The number of rotatable bonds is 2. The lowest BCUT2D eigenvalue weighted by atomic mass is 10.1. The third-order valence-electron chi connectivity index (χ3n) is 3.06. The first-order valence-corrected chi connectivity index (χ1v) is 5.53. The van der Waals surface area contributed by atoms with Gasteiger partial charge in [-0.05, 0) is 30.7 Å². The van der Waals surface area contributed by atoms with Crippen molar-refractivity contribution in [2.75, 3.05) is 0 Å². The van der Waals surface area contributed by atoms with Crippen LogP contribution < -0.4 is 0 Å². The van der Waals surface area contributed by atoms with Crippen LogP contribution in [0.25, 0.3) is 10.9 Å². The number of hydrogen-bond acceptors (Lipinski definition) is 0. The molecular weight excluding hydrogens is 196 g/mol. The zero-order valence-electron chi connectivity index (χ0n) is 9.25. The number of nitrogens with one attached hydrogen (secondary N) is 2. The Morgan fingerprint density at radius 3 is 2.75 bits per heavy atom. The van der Waals surface area contributed by atoms with Crippen molar-refractivity contribution in [3.8, 4) is 0 Å². The van der Waals surface area contributed by atoms with Gasteiger partial charge in [-0.1, -0.05) is 18.2 Å². The number of aromatic amines is 2. The highest BCUT2D eigenvalue weighted by Crippen LogP contribution is 2.23. The highest BCUT2D eigenvalue weighted by molar-refractivity contribution is 5.84. The third-order valence-corrected chi connectivity index (χ3v) is 3.06. The van der Waals surface area contributed by atoms with Gasteiger partial charge in [0, 0.05) is 34.9 Å². The predicted octanol–water partition coefficient (Wildman–Crippen LogP) is 3.40. The number of aryl methyl sites for hydroxylation is 1. The van der Waals surface area contributed by atoms with Crippen molar-refractivity contribution in [3.63, 3.8) is 0 Å². The second kappa shape index (κ2) is 3.56. The number of aromatic nitrogens is 2. The maximum Gasteiger partial charge on any atom is 0.0458 e. The molecule has 16 heavy (non-hydrogen) atoms. The van der Waals surface area contributed by atoms with Crippen molar-refractivity contribution in [1.29, 1.82) is 0 Å². The predicted molar refractivity (Wildman–Crippen MR) is 66.6 cm³/mol. The molecule has 0 fully saturated rings. The smallest absolute Gasteiger partial charge is 0.0458 e. The van der Waals surface area contributed by atoms with Crippen molar-refractivity contribution in [2.24, 2.45) is 0 Å². The second-order valence-corrected chi connectivity index (χ2v) is 4.15. The molecule has 0 spiro atoms. The van der Waals surface area contributed by atoms with E-state index in [9.17, 15) is 0 Å². The van der Waals surface area contributed by atoms with Crippen molar-refractivity contribution < 1.29 is 0 Å². The van der Waals surface area contributed by atoms with Gasteiger partial charge in [-0.15, -0.1) is 0 Å². The molecular formula is C14H14N2. The Labute approximate surface area is 94.3 Å². The zero-order chi connectivity index (χ0) is 11.0. The van der Waals surface area contributed by atoms with Crippen LogP contribution in [0.3, 0.4) is 0 Å². The minimum atomic E-state index is 0.961. The lowest BCUT2D eigenvalue weighted by molar-refractivity contribution is 1.09. The highest BCUT2D eigenvalue weighted by atomic mass is 14.7. The molecule has 1 aromatic carbocycles. The molecule has 0 bridgehead atoms. The minimum absolute atomic E-state index is 0.961. The van der Waals surface area contributed by atoms with Crippen LogP contribution in [0.1, 0.15) is 17.0 Å². The van der Waals surface area contributed by atoms with E-state index in [1.54, 1.807) is 0 Å². The van der Waals surface area contributed by atoms with E-state index in [2.05, 4.69) is 47.2 Å². The largest absolute Gasteiger partial charge is 0.365 e. The molecule has 2 heteroatoms. The monoisotopic (exact) mass is 210 g/mol. The van der Waals surface area contributed by atoms with E-state index in [-0.39, 0.29) is 0 Å². The summed E-state index contributed by atoms with van der Waals surface area (Å²) in [5.41, 5.74) is 5.13. The van der Waals surface area contributed by atoms with Gasteiger partial charge in [0.05, 0.1) is 0 Å². The molecule has 80 valence electrons. The maximum atomic E-state index is 3.43. The van der Waals surface area contributed by atoms with Gasteiger partial charge in [-0.2, -0.15) is 0 Å². The summed E-state index contributed by atoms with van der Waals surface area (Å²) < 4.78 is 0. The molecule has 2 heterocycles. The van der Waals surface area contributed by atoms with Crippen LogP contribution in [0.4, 0.5) is 0 Å². The average molecular weight is 210 g/mol. The van der Waals surface area contributed by atoms with E-state index in [1.807, 2.05) is 12.3 Å². The molecule has 3 rings (SSSR count). The Balaban J connectivity index is 2.12. The standard InChI is InChI=1S/C14H14N2/c1-10-13(9-11-5-4-8-15-11)12-6-2-3-7-14(12)16-10/h2-8,15-16H,9H2,1H3. The Bertz CT molecular complexity index is 603. The van der Waals surface area contributed by atoms with Gasteiger partial charge < -0.3 is 9.97 Å². The summed E-state index contributed by atoms with van der Waals surface area (Å²) in [7, 11) is 0. The van der Waals surface area contributed by atoms with Crippen molar-refractivity contribution >= 4 is 10.9 Å². The molecule has 2 nitrogen and oxygen atoms in total. The summed E-state index contributed by atoms with van der Waals surface area (Å²) >= 11 is 0. The average Bonchev–Trinajstić information content (AvgIpc) is 2.89. The lowest BCUT2D eigenvalue weighted by Crippen LogP contribution is -1.89.